The van der Waals surface area contributed by atoms with Gasteiger partial charge >= 0.3 is 0 Å². The summed E-state index contributed by atoms with van der Waals surface area (Å²) in [6.45, 7) is 4.85. The van der Waals surface area contributed by atoms with E-state index in [1.807, 2.05) is 12.1 Å². The highest BCUT2D eigenvalue weighted by Gasteiger charge is 2.21. The van der Waals surface area contributed by atoms with Crippen molar-refractivity contribution >= 4 is 11.6 Å². The Labute approximate surface area is 131 Å². The Kier molecular flexibility index (Phi) is 6.61. The van der Waals surface area contributed by atoms with Crippen molar-refractivity contribution in [3.63, 3.8) is 0 Å². The maximum atomic E-state index is 6.29. The molecule has 0 heterocycles. The SMILES string of the molecule is CCCNCc1cc(Cl)c(OCOCC2CC2)c(OC)c1. The zero-order valence-electron chi connectivity index (χ0n) is 12.8. The van der Waals surface area contributed by atoms with E-state index in [0.717, 1.165) is 37.6 Å². The number of hydrogen-bond donors (Lipinski definition) is 1. The lowest BCUT2D eigenvalue weighted by molar-refractivity contribution is 0.00870. The van der Waals surface area contributed by atoms with E-state index in [9.17, 15) is 0 Å². The highest BCUT2D eigenvalue weighted by atomic mass is 35.5. The van der Waals surface area contributed by atoms with Gasteiger partial charge in [-0.2, -0.15) is 0 Å². The summed E-state index contributed by atoms with van der Waals surface area (Å²) in [4.78, 5) is 0. The molecular weight excluding hydrogens is 290 g/mol. The van der Waals surface area contributed by atoms with Crippen molar-refractivity contribution in [3.8, 4) is 11.5 Å². The van der Waals surface area contributed by atoms with Crippen molar-refractivity contribution in [2.75, 3.05) is 27.1 Å². The van der Waals surface area contributed by atoms with Crippen LogP contribution in [0.1, 0.15) is 31.7 Å². The third kappa shape index (κ3) is 5.38. The predicted molar refractivity (Wildman–Crippen MR) is 84.2 cm³/mol. The van der Waals surface area contributed by atoms with Gasteiger partial charge in [-0.05, 0) is 49.4 Å². The van der Waals surface area contributed by atoms with Crippen molar-refractivity contribution in [1.82, 2.24) is 5.32 Å². The molecule has 0 bridgehead atoms. The standard InChI is InChI=1S/C16H24ClNO3/c1-3-6-18-9-13-7-14(17)16(15(8-13)19-2)21-11-20-10-12-4-5-12/h7-8,12,18H,3-6,9-11H2,1-2H3. The lowest BCUT2D eigenvalue weighted by Crippen LogP contribution is -2.14. The summed E-state index contributed by atoms with van der Waals surface area (Å²) in [5.41, 5.74) is 1.08. The van der Waals surface area contributed by atoms with Crippen LogP contribution in [0.15, 0.2) is 12.1 Å². The summed E-state index contributed by atoms with van der Waals surface area (Å²) in [6.07, 6.45) is 3.64. The Balaban J connectivity index is 1.91. The second-order valence-electron chi connectivity index (χ2n) is 5.36. The van der Waals surface area contributed by atoms with Crippen LogP contribution in [-0.2, 0) is 11.3 Å². The van der Waals surface area contributed by atoms with E-state index in [0.29, 0.717) is 16.5 Å². The van der Waals surface area contributed by atoms with E-state index < -0.39 is 0 Å². The molecule has 1 aromatic rings. The van der Waals surface area contributed by atoms with Crippen LogP contribution in [0.4, 0.5) is 0 Å². The molecule has 1 saturated carbocycles. The highest BCUT2D eigenvalue weighted by Crippen LogP contribution is 2.36. The molecule has 21 heavy (non-hydrogen) atoms. The predicted octanol–water partition coefficient (Wildman–Crippen LogP) is 3.61. The minimum atomic E-state index is 0.208. The van der Waals surface area contributed by atoms with Gasteiger partial charge in [0.2, 0.25) is 0 Å². The van der Waals surface area contributed by atoms with Crippen LogP contribution in [-0.4, -0.2) is 27.1 Å². The summed E-state index contributed by atoms with van der Waals surface area (Å²) in [5, 5.41) is 3.89. The van der Waals surface area contributed by atoms with Crippen LogP contribution in [0.25, 0.3) is 0 Å². The van der Waals surface area contributed by atoms with Crippen LogP contribution in [0.3, 0.4) is 0 Å². The van der Waals surface area contributed by atoms with Gasteiger partial charge in [0.1, 0.15) is 0 Å². The topological polar surface area (TPSA) is 39.7 Å². The van der Waals surface area contributed by atoms with Gasteiger partial charge in [-0.25, -0.2) is 0 Å². The van der Waals surface area contributed by atoms with Crippen LogP contribution in [0, 0.1) is 5.92 Å². The van der Waals surface area contributed by atoms with Gasteiger partial charge in [-0.15, -0.1) is 0 Å². The minimum absolute atomic E-state index is 0.208. The Hall–Kier alpha value is -0.970. The molecule has 0 unspecified atom stereocenters. The van der Waals surface area contributed by atoms with E-state index in [-0.39, 0.29) is 6.79 Å². The normalized spacial score (nSPS) is 14.2. The molecule has 0 spiro atoms. The van der Waals surface area contributed by atoms with Crippen LogP contribution in [0.5, 0.6) is 11.5 Å². The van der Waals surface area contributed by atoms with Gasteiger partial charge in [0, 0.05) is 6.54 Å². The number of benzene rings is 1. The third-order valence-electron chi connectivity index (χ3n) is 3.38. The van der Waals surface area contributed by atoms with Crippen molar-refractivity contribution in [1.29, 1.82) is 0 Å². The van der Waals surface area contributed by atoms with Gasteiger partial charge in [-0.1, -0.05) is 18.5 Å². The maximum Gasteiger partial charge on any atom is 0.189 e. The second kappa shape index (κ2) is 8.47. The van der Waals surface area contributed by atoms with Crippen molar-refractivity contribution < 1.29 is 14.2 Å². The van der Waals surface area contributed by atoms with Crippen molar-refractivity contribution in [3.05, 3.63) is 22.7 Å². The minimum Gasteiger partial charge on any atom is -0.493 e. The first-order valence-electron chi connectivity index (χ1n) is 7.52. The molecular formula is C16H24ClNO3. The quantitative estimate of drug-likeness (QED) is 0.529. The Bertz CT molecular complexity index is 449. The van der Waals surface area contributed by atoms with Crippen LogP contribution >= 0.6 is 11.6 Å². The molecule has 1 N–H and O–H groups in total. The molecule has 5 heteroatoms. The number of halogens is 1. The summed E-state index contributed by atoms with van der Waals surface area (Å²) in [7, 11) is 1.62. The van der Waals surface area contributed by atoms with E-state index in [4.69, 9.17) is 25.8 Å². The van der Waals surface area contributed by atoms with E-state index in [1.165, 1.54) is 12.8 Å². The van der Waals surface area contributed by atoms with Gasteiger partial charge in [-0.3, -0.25) is 0 Å². The molecule has 1 aliphatic carbocycles. The zero-order valence-corrected chi connectivity index (χ0v) is 13.5. The van der Waals surface area contributed by atoms with Crippen LogP contribution < -0.4 is 14.8 Å². The van der Waals surface area contributed by atoms with Gasteiger partial charge in [0.05, 0.1) is 18.7 Å². The number of rotatable bonds is 10. The maximum absolute atomic E-state index is 6.29. The first-order valence-corrected chi connectivity index (χ1v) is 7.90. The van der Waals surface area contributed by atoms with Gasteiger partial charge in [0.25, 0.3) is 0 Å². The van der Waals surface area contributed by atoms with Crippen molar-refractivity contribution in [2.24, 2.45) is 5.92 Å². The lowest BCUT2D eigenvalue weighted by Gasteiger charge is -2.14. The Morgan fingerprint density at radius 2 is 2.14 bits per heavy atom. The molecule has 4 nitrogen and oxygen atoms in total. The highest BCUT2D eigenvalue weighted by molar-refractivity contribution is 6.32. The molecule has 0 radical (unpaired) electrons. The van der Waals surface area contributed by atoms with Gasteiger partial charge < -0.3 is 19.5 Å². The molecule has 1 fully saturated rings. The molecule has 0 aromatic heterocycles. The lowest BCUT2D eigenvalue weighted by atomic mass is 10.2. The zero-order chi connectivity index (χ0) is 15.1. The summed E-state index contributed by atoms with van der Waals surface area (Å²) >= 11 is 6.29. The molecule has 2 rings (SSSR count). The average Bonchev–Trinajstić information content (AvgIpc) is 3.29. The Morgan fingerprint density at radius 1 is 1.33 bits per heavy atom. The third-order valence-corrected chi connectivity index (χ3v) is 3.66. The fraction of sp³-hybridized carbons (Fsp3) is 0.625. The van der Waals surface area contributed by atoms with E-state index in [2.05, 4.69) is 12.2 Å². The fourth-order valence-corrected chi connectivity index (χ4v) is 2.31. The van der Waals surface area contributed by atoms with Crippen molar-refractivity contribution in [2.45, 2.75) is 32.7 Å². The first kappa shape index (κ1) is 16.4. The number of methoxy groups -OCH3 is 1. The first-order chi connectivity index (χ1) is 10.2. The second-order valence-corrected chi connectivity index (χ2v) is 5.77. The Morgan fingerprint density at radius 3 is 2.81 bits per heavy atom. The number of ether oxygens (including phenoxy) is 3. The molecule has 1 aromatic carbocycles. The summed E-state index contributed by atoms with van der Waals surface area (Å²) < 4.78 is 16.5. The number of hydrogen-bond acceptors (Lipinski definition) is 4. The monoisotopic (exact) mass is 313 g/mol. The summed E-state index contributed by atoms with van der Waals surface area (Å²) in [6, 6.07) is 3.85. The molecule has 0 amide bonds. The number of nitrogens with one attached hydrogen (secondary N) is 1. The smallest absolute Gasteiger partial charge is 0.189 e. The average molecular weight is 314 g/mol. The molecule has 0 saturated heterocycles. The van der Waals surface area contributed by atoms with Crippen LogP contribution in [0.2, 0.25) is 5.02 Å². The largest absolute Gasteiger partial charge is 0.493 e. The van der Waals surface area contributed by atoms with E-state index >= 15 is 0 Å². The molecule has 0 aliphatic heterocycles. The summed E-state index contributed by atoms with van der Waals surface area (Å²) in [5.74, 6) is 1.91. The van der Waals surface area contributed by atoms with Gasteiger partial charge in [0.15, 0.2) is 18.3 Å². The fourth-order valence-electron chi connectivity index (χ4n) is 2.02. The molecule has 118 valence electrons. The molecule has 0 atom stereocenters. The molecule has 1 aliphatic rings. The van der Waals surface area contributed by atoms with E-state index in [1.54, 1.807) is 7.11 Å².